The zero-order valence-corrected chi connectivity index (χ0v) is 13.6. The monoisotopic (exact) mass is 316 g/mol. The molecule has 1 fully saturated rings. The number of nitro benzene ring substituents is 1. The van der Waals surface area contributed by atoms with Crippen LogP contribution < -0.4 is 5.32 Å². The average Bonchev–Trinajstić information content (AvgIpc) is 2.56. The van der Waals surface area contributed by atoms with Crippen molar-refractivity contribution in [2.75, 3.05) is 19.6 Å². The first-order chi connectivity index (χ1) is 11.1. The summed E-state index contributed by atoms with van der Waals surface area (Å²) in [5.74, 6) is 1.65. The van der Waals surface area contributed by atoms with Gasteiger partial charge in [-0.05, 0) is 24.3 Å². The van der Waals surface area contributed by atoms with Gasteiger partial charge in [0.1, 0.15) is 0 Å². The van der Waals surface area contributed by atoms with Gasteiger partial charge in [0, 0.05) is 31.8 Å². The zero-order valence-electron chi connectivity index (χ0n) is 13.6. The van der Waals surface area contributed by atoms with Crippen LogP contribution in [0.5, 0.6) is 0 Å². The summed E-state index contributed by atoms with van der Waals surface area (Å²) in [5, 5.41) is 14.0. The van der Waals surface area contributed by atoms with E-state index in [0.29, 0.717) is 13.1 Å². The van der Waals surface area contributed by atoms with Crippen LogP contribution in [0.1, 0.15) is 25.3 Å². The Labute approximate surface area is 137 Å². The van der Waals surface area contributed by atoms with Crippen LogP contribution in [0.15, 0.2) is 41.9 Å². The first-order valence-electron chi connectivity index (χ1n) is 7.97. The number of benzene rings is 1. The molecule has 0 aliphatic carbocycles. The third-order valence-corrected chi connectivity index (χ3v) is 4.05. The molecule has 0 spiro atoms. The number of hydrogen-bond acceptors (Lipinski definition) is 3. The number of hydrogen-bond donors (Lipinski definition) is 1. The number of nitro groups is 1. The molecule has 1 aromatic carbocycles. The molecule has 0 atom stereocenters. The summed E-state index contributed by atoms with van der Waals surface area (Å²) in [6.45, 7) is 9.20. The summed E-state index contributed by atoms with van der Waals surface area (Å²) < 4.78 is 0. The second kappa shape index (κ2) is 8.31. The topological polar surface area (TPSA) is 70.8 Å². The minimum absolute atomic E-state index is 0.104. The number of nitrogens with zero attached hydrogens (tertiary/aromatic N) is 3. The van der Waals surface area contributed by atoms with Crippen LogP contribution in [0.4, 0.5) is 5.69 Å². The van der Waals surface area contributed by atoms with Crippen LogP contribution in [-0.2, 0) is 6.54 Å². The molecular weight excluding hydrogens is 292 g/mol. The molecule has 0 radical (unpaired) electrons. The molecule has 1 aliphatic heterocycles. The molecule has 2 rings (SSSR count). The second-order valence-corrected chi connectivity index (χ2v) is 5.90. The lowest BCUT2D eigenvalue weighted by Gasteiger charge is -2.33. The maximum atomic E-state index is 10.7. The average molecular weight is 316 g/mol. The Morgan fingerprint density at radius 3 is 2.65 bits per heavy atom. The summed E-state index contributed by atoms with van der Waals surface area (Å²) in [4.78, 5) is 17.2. The summed E-state index contributed by atoms with van der Waals surface area (Å²) in [6.07, 6.45) is 4.16. The van der Waals surface area contributed by atoms with E-state index in [0.717, 1.165) is 30.5 Å². The number of rotatable bonds is 5. The number of nitrogens with one attached hydrogen (secondary N) is 1. The Bertz CT molecular complexity index is 560. The van der Waals surface area contributed by atoms with Gasteiger partial charge < -0.3 is 10.2 Å². The molecule has 1 heterocycles. The number of non-ortho nitro benzene ring substituents is 1. The van der Waals surface area contributed by atoms with Crippen molar-refractivity contribution >= 4 is 11.6 Å². The smallest absolute Gasteiger partial charge is 0.269 e. The van der Waals surface area contributed by atoms with Gasteiger partial charge in [-0.3, -0.25) is 10.1 Å². The Morgan fingerprint density at radius 2 is 2.09 bits per heavy atom. The van der Waals surface area contributed by atoms with E-state index in [2.05, 4.69) is 28.7 Å². The van der Waals surface area contributed by atoms with Gasteiger partial charge in [-0.15, -0.1) is 6.58 Å². The molecule has 6 nitrogen and oxygen atoms in total. The molecule has 0 bridgehead atoms. The highest BCUT2D eigenvalue weighted by Gasteiger charge is 2.18. The van der Waals surface area contributed by atoms with E-state index < -0.39 is 0 Å². The van der Waals surface area contributed by atoms with Crippen molar-refractivity contribution in [2.45, 2.75) is 26.3 Å². The standard InChI is InChI=1S/C17H24N4O2/c1-3-10-18-17(20-11-8-14(2)9-12-20)19-13-15-4-6-16(7-5-15)21(22)23/h3-7,14H,1,8-13H2,2H3,(H,18,19). The minimum Gasteiger partial charge on any atom is -0.353 e. The zero-order chi connectivity index (χ0) is 16.7. The van der Waals surface area contributed by atoms with Crippen molar-refractivity contribution in [3.05, 3.63) is 52.6 Å². The lowest BCUT2D eigenvalue weighted by molar-refractivity contribution is -0.384. The van der Waals surface area contributed by atoms with E-state index in [4.69, 9.17) is 0 Å². The normalized spacial score (nSPS) is 16.2. The Kier molecular flexibility index (Phi) is 6.14. The Balaban J connectivity index is 2.03. The van der Waals surface area contributed by atoms with Gasteiger partial charge in [0.05, 0.1) is 11.5 Å². The molecule has 1 N–H and O–H groups in total. The van der Waals surface area contributed by atoms with Crippen molar-refractivity contribution in [1.82, 2.24) is 10.2 Å². The minimum atomic E-state index is -0.390. The molecule has 1 saturated heterocycles. The highest BCUT2D eigenvalue weighted by molar-refractivity contribution is 5.80. The maximum Gasteiger partial charge on any atom is 0.269 e. The van der Waals surface area contributed by atoms with E-state index in [9.17, 15) is 10.1 Å². The lowest BCUT2D eigenvalue weighted by atomic mass is 10.00. The molecule has 1 aromatic rings. The number of piperidine rings is 1. The largest absolute Gasteiger partial charge is 0.353 e. The predicted octanol–water partition coefficient (Wildman–Crippen LogP) is 2.96. The van der Waals surface area contributed by atoms with Crippen LogP contribution >= 0.6 is 0 Å². The van der Waals surface area contributed by atoms with Gasteiger partial charge in [-0.2, -0.15) is 0 Å². The molecule has 124 valence electrons. The fraction of sp³-hybridized carbons (Fsp3) is 0.471. The van der Waals surface area contributed by atoms with E-state index in [1.54, 1.807) is 12.1 Å². The maximum absolute atomic E-state index is 10.7. The third kappa shape index (κ3) is 5.09. The summed E-state index contributed by atoms with van der Waals surface area (Å²) >= 11 is 0. The van der Waals surface area contributed by atoms with Crippen molar-refractivity contribution in [3.8, 4) is 0 Å². The van der Waals surface area contributed by atoms with E-state index in [-0.39, 0.29) is 10.6 Å². The number of guanidine groups is 1. The first-order valence-corrected chi connectivity index (χ1v) is 7.97. The van der Waals surface area contributed by atoms with Gasteiger partial charge in [0.25, 0.3) is 5.69 Å². The van der Waals surface area contributed by atoms with Gasteiger partial charge in [0.15, 0.2) is 5.96 Å². The highest BCUT2D eigenvalue weighted by Crippen LogP contribution is 2.17. The fourth-order valence-corrected chi connectivity index (χ4v) is 2.54. The SMILES string of the molecule is C=CCNC(=NCc1ccc([N+](=O)[O-])cc1)N1CCC(C)CC1. The van der Waals surface area contributed by atoms with E-state index >= 15 is 0 Å². The Morgan fingerprint density at radius 1 is 1.43 bits per heavy atom. The second-order valence-electron chi connectivity index (χ2n) is 5.90. The van der Waals surface area contributed by atoms with Crippen LogP contribution in [0.2, 0.25) is 0 Å². The van der Waals surface area contributed by atoms with Crippen molar-refractivity contribution in [1.29, 1.82) is 0 Å². The molecule has 0 unspecified atom stereocenters. The molecular formula is C17H24N4O2. The highest BCUT2D eigenvalue weighted by atomic mass is 16.6. The molecule has 6 heteroatoms. The van der Waals surface area contributed by atoms with Gasteiger partial charge in [0.2, 0.25) is 0 Å². The molecule has 0 amide bonds. The number of aliphatic imine (C=N–C) groups is 1. The van der Waals surface area contributed by atoms with Crippen molar-refractivity contribution in [2.24, 2.45) is 10.9 Å². The summed E-state index contributed by atoms with van der Waals surface area (Å²) in [7, 11) is 0. The molecule has 0 saturated carbocycles. The van der Waals surface area contributed by atoms with Crippen LogP contribution in [0.25, 0.3) is 0 Å². The van der Waals surface area contributed by atoms with Gasteiger partial charge in [-0.25, -0.2) is 4.99 Å². The predicted molar refractivity (Wildman–Crippen MR) is 92.4 cm³/mol. The molecule has 0 aromatic heterocycles. The van der Waals surface area contributed by atoms with Crippen molar-refractivity contribution < 1.29 is 4.92 Å². The van der Waals surface area contributed by atoms with Gasteiger partial charge in [-0.1, -0.05) is 25.1 Å². The molecule has 1 aliphatic rings. The summed E-state index contributed by atoms with van der Waals surface area (Å²) in [6, 6.07) is 6.55. The molecule has 23 heavy (non-hydrogen) atoms. The third-order valence-electron chi connectivity index (χ3n) is 4.05. The quantitative estimate of drug-likeness (QED) is 0.298. The summed E-state index contributed by atoms with van der Waals surface area (Å²) in [5.41, 5.74) is 1.06. The lowest BCUT2D eigenvalue weighted by Crippen LogP contribution is -2.45. The van der Waals surface area contributed by atoms with E-state index in [1.165, 1.54) is 25.0 Å². The van der Waals surface area contributed by atoms with Crippen molar-refractivity contribution in [3.63, 3.8) is 0 Å². The van der Waals surface area contributed by atoms with E-state index in [1.807, 2.05) is 6.08 Å². The first kappa shape index (κ1) is 17.0. The number of likely N-dealkylation sites (tertiary alicyclic amines) is 1. The van der Waals surface area contributed by atoms with Crippen LogP contribution in [0, 0.1) is 16.0 Å². The van der Waals surface area contributed by atoms with Crippen LogP contribution in [0.3, 0.4) is 0 Å². The van der Waals surface area contributed by atoms with Gasteiger partial charge >= 0.3 is 0 Å². The Hall–Kier alpha value is -2.37. The fourth-order valence-electron chi connectivity index (χ4n) is 2.54. The van der Waals surface area contributed by atoms with Crippen LogP contribution in [-0.4, -0.2) is 35.4 Å².